The van der Waals surface area contributed by atoms with E-state index in [1.54, 1.807) is 0 Å². The summed E-state index contributed by atoms with van der Waals surface area (Å²) in [6, 6.07) is 0. The standard InChI is InChI=1S/C17H30N2O2/c1-6-7-8-13(15(18)20)14(10-12-9-11(12)2)16(21)19-17(3,4)5/h6-7,11-14H,8-10H2,1-5H3,(H2,18,20)(H,19,21)/b7-6+/t11?,12?,13-,14+/m0/s1. The van der Waals surface area contributed by atoms with E-state index in [2.05, 4.69) is 12.2 Å². The molecule has 0 saturated heterocycles. The number of nitrogens with two attached hydrogens (primary N) is 1. The van der Waals surface area contributed by atoms with Crippen molar-refractivity contribution < 1.29 is 9.59 Å². The van der Waals surface area contributed by atoms with E-state index in [0.29, 0.717) is 18.3 Å². The fraction of sp³-hybridized carbons (Fsp3) is 0.765. The molecule has 0 aromatic rings. The van der Waals surface area contributed by atoms with Gasteiger partial charge in [0, 0.05) is 5.54 Å². The SMILES string of the molecule is C/C=C/C[C@H](C(N)=O)[C@@H](CC1CC1C)C(=O)NC(C)(C)C. The van der Waals surface area contributed by atoms with Crippen LogP contribution in [0.15, 0.2) is 12.2 Å². The van der Waals surface area contributed by atoms with Crippen LogP contribution in [-0.2, 0) is 9.59 Å². The first-order valence-corrected chi connectivity index (χ1v) is 7.88. The van der Waals surface area contributed by atoms with E-state index in [1.807, 2.05) is 39.8 Å². The molecule has 0 aromatic heterocycles. The van der Waals surface area contributed by atoms with Crippen molar-refractivity contribution >= 4 is 11.8 Å². The molecule has 0 heterocycles. The highest BCUT2D eigenvalue weighted by atomic mass is 16.2. The van der Waals surface area contributed by atoms with Crippen LogP contribution in [0.3, 0.4) is 0 Å². The zero-order chi connectivity index (χ0) is 16.2. The van der Waals surface area contributed by atoms with E-state index in [4.69, 9.17) is 5.73 Å². The van der Waals surface area contributed by atoms with Crippen LogP contribution in [0.25, 0.3) is 0 Å². The van der Waals surface area contributed by atoms with Crippen LogP contribution in [-0.4, -0.2) is 17.4 Å². The maximum atomic E-state index is 12.6. The lowest BCUT2D eigenvalue weighted by molar-refractivity contribution is -0.134. The van der Waals surface area contributed by atoms with Crippen LogP contribution < -0.4 is 11.1 Å². The average molecular weight is 294 g/mol. The highest BCUT2D eigenvalue weighted by Crippen LogP contribution is 2.44. The largest absolute Gasteiger partial charge is 0.369 e. The molecule has 0 aromatic carbocycles. The van der Waals surface area contributed by atoms with Gasteiger partial charge in [-0.15, -0.1) is 0 Å². The molecule has 1 saturated carbocycles. The Bertz CT molecular complexity index is 410. The highest BCUT2D eigenvalue weighted by Gasteiger charge is 2.41. The van der Waals surface area contributed by atoms with Crippen LogP contribution >= 0.6 is 0 Å². The number of primary amides is 1. The van der Waals surface area contributed by atoms with E-state index in [0.717, 1.165) is 12.8 Å². The second kappa shape index (κ2) is 7.10. The minimum atomic E-state index is -0.420. The number of hydrogen-bond acceptors (Lipinski definition) is 2. The van der Waals surface area contributed by atoms with Crippen molar-refractivity contribution in [2.75, 3.05) is 0 Å². The van der Waals surface area contributed by atoms with Crippen molar-refractivity contribution in [2.24, 2.45) is 29.4 Å². The predicted molar refractivity (Wildman–Crippen MR) is 85.4 cm³/mol. The van der Waals surface area contributed by atoms with E-state index >= 15 is 0 Å². The van der Waals surface area contributed by atoms with Gasteiger partial charge in [0.1, 0.15) is 0 Å². The zero-order valence-corrected chi connectivity index (χ0v) is 14.0. The third-order valence-electron chi connectivity index (χ3n) is 4.14. The molecule has 4 nitrogen and oxygen atoms in total. The van der Waals surface area contributed by atoms with Gasteiger partial charge in [-0.1, -0.05) is 19.1 Å². The number of allylic oxidation sites excluding steroid dienone is 2. The Hall–Kier alpha value is -1.32. The highest BCUT2D eigenvalue weighted by molar-refractivity contribution is 5.87. The Kier molecular flexibility index (Phi) is 5.99. The number of carbonyl (C=O) groups is 2. The van der Waals surface area contributed by atoms with Crippen LogP contribution in [0.4, 0.5) is 0 Å². The monoisotopic (exact) mass is 294 g/mol. The Morgan fingerprint density at radius 1 is 1.33 bits per heavy atom. The maximum absolute atomic E-state index is 12.6. The lowest BCUT2D eigenvalue weighted by Gasteiger charge is -2.28. The first-order chi connectivity index (χ1) is 9.65. The quantitative estimate of drug-likeness (QED) is 0.708. The second-order valence-corrected chi connectivity index (χ2v) is 7.37. The molecule has 4 heteroatoms. The first-order valence-electron chi connectivity index (χ1n) is 7.88. The fourth-order valence-electron chi connectivity index (χ4n) is 2.73. The van der Waals surface area contributed by atoms with Crippen molar-refractivity contribution in [2.45, 2.75) is 59.4 Å². The molecule has 1 fully saturated rings. The summed E-state index contributed by atoms with van der Waals surface area (Å²) in [6.07, 6.45) is 6.26. The van der Waals surface area contributed by atoms with Crippen molar-refractivity contribution in [3.63, 3.8) is 0 Å². The molecule has 4 atom stereocenters. The summed E-state index contributed by atoms with van der Waals surface area (Å²) < 4.78 is 0. The zero-order valence-electron chi connectivity index (χ0n) is 14.0. The molecule has 1 aliphatic rings. The third-order valence-corrected chi connectivity index (χ3v) is 4.14. The minimum Gasteiger partial charge on any atom is -0.369 e. The summed E-state index contributed by atoms with van der Waals surface area (Å²) in [5, 5.41) is 3.01. The van der Waals surface area contributed by atoms with Gasteiger partial charge in [0.2, 0.25) is 11.8 Å². The van der Waals surface area contributed by atoms with Gasteiger partial charge in [0.25, 0.3) is 0 Å². The molecule has 120 valence electrons. The lowest BCUT2D eigenvalue weighted by atomic mass is 9.83. The Morgan fingerprint density at radius 3 is 2.29 bits per heavy atom. The number of amides is 2. The summed E-state index contributed by atoms with van der Waals surface area (Å²) in [4.78, 5) is 24.4. The minimum absolute atomic E-state index is 0.0464. The Labute approximate surface area is 128 Å². The van der Waals surface area contributed by atoms with Gasteiger partial charge >= 0.3 is 0 Å². The molecule has 1 aliphatic carbocycles. The molecule has 21 heavy (non-hydrogen) atoms. The van der Waals surface area contributed by atoms with Gasteiger partial charge < -0.3 is 11.1 Å². The third kappa shape index (κ3) is 5.90. The predicted octanol–water partition coefficient (Wildman–Crippen LogP) is 2.63. The Balaban J connectivity index is 2.87. The molecule has 0 radical (unpaired) electrons. The molecule has 3 N–H and O–H groups in total. The van der Waals surface area contributed by atoms with Gasteiger partial charge in [0.05, 0.1) is 11.8 Å². The van der Waals surface area contributed by atoms with Gasteiger partial charge in [-0.25, -0.2) is 0 Å². The number of rotatable bonds is 7. The van der Waals surface area contributed by atoms with Crippen molar-refractivity contribution in [3.05, 3.63) is 12.2 Å². The number of hydrogen-bond donors (Lipinski definition) is 2. The first kappa shape index (κ1) is 17.7. The van der Waals surface area contributed by atoms with Crippen molar-refractivity contribution in [1.82, 2.24) is 5.32 Å². The summed E-state index contributed by atoms with van der Waals surface area (Å²) in [6.45, 7) is 9.95. The molecule has 1 rings (SSSR count). The van der Waals surface area contributed by atoms with E-state index in [1.165, 1.54) is 0 Å². The maximum Gasteiger partial charge on any atom is 0.224 e. The topological polar surface area (TPSA) is 72.2 Å². The summed E-state index contributed by atoms with van der Waals surface area (Å²) in [7, 11) is 0. The molecule has 0 bridgehead atoms. The number of nitrogens with one attached hydrogen (secondary N) is 1. The molecular weight excluding hydrogens is 264 g/mol. The molecule has 2 unspecified atom stereocenters. The van der Waals surface area contributed by atoms with E-state index in [9.17, 15) is 9.59 Å². The molecule has 0 aliphatic heterocycles. The van der Waals surface area contributed by atoms with Crippen LogP contribution in [0, 0.1) is 23.7 Å². The average Bonchev–Trinajstić information content (AvgIpc) is 3.01. The number of carbonyl (C=O) groups excluding carboxylic acids is 2. The summed E-state index contributed by atoms with van der Waals surface area (Å²) in [5.41, 5.74) is 5.26. The smallest absolute Gasteiger partial charge is 0.224 e. The summed E-state index contributed by atoms with van der Waals surface area (Å²) >= 11 is 0. The normalized spacial score (nSPS) is 24.6. The van der Waals surface area contributed by atoms with Crippen LogP contribution in [0.2, 0.25) is 0 Å². The van der Waals surface area contributed by atoms with Gasteiger partial charge in [0.15, 0.2) is 0 Å². The molecule has 2 amide bonds. The fourth-order valence-corrected chi connectivity index (χ4v) is 2.73. The van der Waals surface area contributed by atoms with E-state index in [-0.39, 0.29) is 23.3 Å². The molecular formula is C17H30N2O2. The van der Waals surface area contributed by atoms with Crippen molar-refractivity contribution in [3.8, 4) is 0 Å². The van der Waals surface area contributed by atoms with Crippen LogP contribution in [0.5, 0.6) is 0 Å². The van der Waals surface area contributed by atoms with Crippen LogP contribution in [0.1, 0.15) is 53.9 Å². The lowest BCUT2D eigenvalue weighted by Crippen LogP contribution is -2.47. The summed E-state index contributed by atoms with van der Waals surface area (Å²) in [5.74, 6) is 0.0351. The van der Waals surface area contributed by atoms with Gasteiger partial charge in [-0.2, -0.15) is 0 Å². The second-order valence-electron chi connectivity index (χ2n) is 7.37. The van der Waals surface area contributed by atoms with Gasteiger partial charge in [-0.3, -0.25) is 9.59 Å². The van der Waals surface area contributed by atoms with Crippen molar-refractivity contribution in [1.29, 1.82) is 0 Å². The Morgan fingerprint density at radius 2 is 1.90 bits per heavy atom. The molecule has 0 spiro atoms. The van der Waals surface area contributed by atoms with E-state index < -0.39 is 5.92 Å². The van der Waals surface area contributed by atoms with Gasteiger partial charge in [-0.05, 0) is 58.8 Å².